The molecule has 14 heavy (non-hydrogen) atoms. The Balaban J connectivity index is 2.86. The second-order valence-electron chi connectivity index (χ2n) is 2.88. The van der Waals surface area contributed by atoms with Gasteiger partial charge in [0.05, 0.1) is 15.0 Å². The maximum absolute atomic E-state index is 11.6. The van der Waals surface area contributed by atoms with E-state index in [9.17, 15) is 9.00 Å². The summed E-state index contributed by atoms with van der Waals surface area (Å²) in [5.41, 5.74) is -0.0513. The molecule has 0 aliphatic carbocycles. The van der Waals surface area contributed by atoms with Gasteiger partial charge in [-0.2, -0.15) is 0 Å². The highest BCUT2D eigenvalue weighted by Gasteiger charge is 2.04. The number of rotatable bonds is 1. The van der Waals surface area contributed by atoms with E-state index in [2.05, 4.69) is 0 Å². The van der Waals surface area contributed by atoms with E-state index in [0.717, 1.165) is 4.70 Å². The number of hydrogen-bond acceptors (Lipinski definition) is 3. The van der Waals surface area contributed by atoms with Gasteiger partial charge in [0, 0.05) is 22.4 Å². The molecule has 2 aromatic rings. The molecule has 0 saturated carbocycles. The first-order valence-electron chi connectivity index (χ1n) is 4.05. The topological polar surface area (TPSA) is 34.1 Å². The van der Waals surface area contributed by atoms with Gasteiger partial charge in [-0.15, -0.1) is 11.3 Å². The predicted octanol–water partition coefficient (Wildman–Crippen LogP) is 2.00. The van der Waals surface area contributed by atoms with Gasteiger partial charge >= 0.3 is 0 Å². The zero-order chi connectivity index (χ0) is 10.1. The van der Waals surface area contributed by atoms with Crippen LogP contribution in [-0.4, -0.2) is 10.5 Å². The number of benzene rings is 1. The van der Waals surface area contributed by atoms with E-state index in [1.54, 1.807) is 12.3 Å². The maximum Gasteiger partial charge on any atom is 0.189 e. The van der Waals surface area contributed by atoms with Gasteiger partial charge in [0.2, 0.25) is 0 Å². The van der Waals surface area contributed by atoms with Crippen molar-refractivity contribution in [3.63, 3.8) is 0 Å². The molecule has 2 rings (SSSR count). The molecular formula is C10H8O2S2. The Kier molecular flexibility index (Phi) is 2.48. The molecule has 1 aromatic carbocycles. The Hall–Kier alpha value is -1.00. The van der Waals surface area contributed by atoms with Crippen molar-refractivity contribution in [3.8, 4) is 0 Å². The van der Waals surface area contributed by atoms with Crippen molar-refractivity contribution in [1.29, 1.82) is 0 Å². The minimum absolute atomic E-state index is 0.0513. The lowest BCUT2D eigenvalue weighted by Crippen LogP contribution is -2.00. The van der Waals surface area contributed by atoms with E-state index in [0.29, 0.717) is 9.60 Å². The van der Waals surface area contributed by atoms with Crippen molar-refractivity contribution in [2.24, 2.45) is 0 Å². The average Bonchev–Trinajstić information content (AvgIpc) is 2.17. The highest BCUT2D eigenvalue weighted by molar-refractivity contribution is 7.86. The molecule has 0 saturated heterocycles. The molecule has 1 aromatic heterocycles. The smallest absolute Gasteiger partial charge is 0.189 e. The molecule has 1 atom stereocenters. The summed E-state index contributed by atoms with van der Waals surface area (Å²) in [4.78, 5) is 11.6. The van der Waals surface area contributed by atoms with E-state index in [1.807, 2.05) is 18.2 Å². The van der Waals surface area contributed by atoms with Crippen LogP contribution >= 0.6 is 11.3 Å². The van der Waals surface area contributed by atoms with Crippen molar-refractivity contribution >= 4 is 32.2 Å². The lowest BCUT2D eigenvalue weighted by Gasteiger charge is -1.97. The van der Waals surface area contributed by atoms with E-state index < -0.39 is 10.8 Å². The Morgan fingerprint density at radius 2 is 2.00 bits per heavy atom. The predicted molar refractivity (Wildman–Crippen MR) is 60.4 cm³/mol. The van der Waals surface area contributed by atoms with Crippen LogP contribution < -0.4 is 5.43 Å². The zero-order valence-corrected chi connectivity index (χ0v) is 9.15. The van der Waals surface area contributed by atoms with Crippen molar-refractivity contribution in [3.05, 3.63) is 40.6 Å². The van der Waals surface area contributed by atoms with Crippen molar-refractivity contribution < 1.29 is 4.21 Å². The van der Waals surface area contributed by atoms with E-state index >= 15 is 0 Å². The first-order valence-corrected chi connectivity index (χ1v) is 6.42. The third-order valence-corrected chi connectivity index (χ3v) is 4.43. The summed E-state index contributed by atoms with van der Waals surface area (Å²) < 4.78 is 12.8. The van der Waals surface area contributed by atoms with E-state index in [-0.39, 0.29) is 5.43 Å². The van der Waals surface area contributed by atoms with Crippen LogP contribution in [0.15, 0.2) is 39.3 Å². The van der Waals surface area contributed by atoms with Crippen LogP contribution in [0.5, 0.6) is 0 Å². The molecule has 0 radical (unpaired) electrons. The molecule has 1 heterocycles. The molecule has 0 N–H and O–H groups in total. The lowest BCUT2D eigenvalue weighted by atomic mass is 10.2. The van der Waals surface area contributed by atoms with Crippen LogP contribution in [0.25, 0.3) is 10.1 Å². The van der Waals surface area contributed by atoms with Crippen molar-refractivity contribution in [1.82, 2.24) is 0 Å². The molecule has 0 fully saturated rings. The SMILES string of the molecule is C[S@@](=O)c1cc(=O)c2ccccc2s1. The fourth-order valence-corrected chi connectivity index (χ4v) is 3.04. The molecule has 0 spiro atoms. The van der Waals surface area contributed by atoms with Crippen LogP contribution in [-0.2, 0) is 10.8 Å². The third-order valence-electron chi connectivity index (χ3n) is 1.90. The Bertz CT molecular complexity index is 557. The van der Waals surface area contributed by atoms with Gasteiger partial charge < -0.3 is 0 Å². The zero-order valence-electron chi connectivity index (χ0n) is 7.52. The molecule has 72 valence electrons. The molecule has 0 aliphatic rings. The Morgan fingerprint density at radius 3 is 2.71 bits per heavy atom. The minimum atomic E-state index is -1.08. The summed E-state index contributed by atoms with van der Waals surface area (Å²) in [5.74, 6) is 0. The van der Waals surface area contributed by atoms with Crippen LogP contribution in [0, 0.1) is 0 Å². The Morgan fingerprint density at radius 1 is 1.29 bits per heavy atom. The van der Waals surface area contributed by atoms with Crippen LogP contribution in [0.1, 0.15) is 0 Å². The molecule has 0 bridgehead atoms. The maximum atomic E-state index is 11.6. The van der Waals surface area contributed by atoms with Crippen LogP contribution in [0.3, 0.4) is 0 Å². The quantitative estimate of drug-likeness (QED) is 0.742. The van der Waals surface area contributed by atoms with Crippen molar-refractivity contribution in [2.45, 2.75) is 4.21 Å². The number of fused-ring (bicyclic) bond motifs is 1. The summed E-state index contributed by atoms with van der Waals surface area (Å²) in [7, 11) is -1.08. The van der Waals surface area contributed by atoms with Gasteiger partial charge in [0.25, 0.3) is 0 Å². The third kappa shape index (κ3) is 1.63. The second kappa shape index (κ2) is 3.63. The molecule has 0 aliphatic heterocycles. The molecule has 4 heteroatoms. The first kappa shape index (κ1) is 9.55. The summed E-state index contributed by atoms with van der Waals surface area (Å²) in [6.07, 6.45) is 1.58. The normalized spacial score (nSPS) is 12.9. The van der Waals surface area contributed by atoms with Crippen LogP contribution in [0.4, 0.5) is 0 Å². The molecule has 0 unspecified atom stereocenters. The minimum Gasteiger partial charge on any atom is -0.289 e. The summed E-state index contributed by atoms with van der Waals surface area (Å²) >= 11 is 1.41. The summed E-state index contributed by atoms with van der Waals surface area (Å²) in [6.45, 7) is 0. The number of hydrogen-bond donors (Lipinski definition) is 0. The lowest BCUT2D eigenvalue weighted by molar-refractivity contribution is 0.688. The largest absolute Gasteiger partial charge is 0.289 e. The summed E-state index contributed by atoms with van der Waals surface area (Å²) in [6, 6.07) is 8.83. The van der Waals surface area contributed by atoms with Gasteiger partial charge in [-0.05, 0) is 12.1 Å². The van der Waals surface area contributed by atoms with Gasteiger partial charge in [0.15, 0.2) is 5.43 Å². The fourth-order valence-electron chi connectivity index (χ4n) is 1.22. The average molecular weight is 224 g/mol. The molecular weight excluding hydrogens is 216 g/mol. The molecule has 0 amide bonds. The Labute approximate surface area is 87.7 Å². The highest BCUT2D eigenvalue weighted by Crippen LogP contribution is 2.20. The van der Waals surface area contributed by atoms with Gasteiger partial charge in [0.1, 0.15) is 0 Å². The standard InChI is InChI=1S/C10H8O2S2/c1-14(12)10-6-8(11)7-4-2-3-5-9(7)13-10/h2-6H,1H3/t14-/m1/s1. The first-order chi connectivity index (χ1) is 6.68. The van der Waals surface area contributed by atoms with Gasteiger partial charge in [-0.3, -0.25) is 9.00 Å². The van der Waals surface area contributed by atoms with Crippen molar-refractivity contribution in [2.75, 3.05) is 6.26 Å². The molecule has 2 nitrogen and oxygen atoms in total. The van der Waals surface area contributed by atoms with E-state index in [1.165, 1.54) is 17.4 Å². The fraction of sp³-hybridized carbons (Fsp3) is 0.100. The van der Waals surface area contributed by atoms with Gasteiger partial charge in [-0.25, -0.2) is 0 Å². The van der Waals surface area contributed by atoms with Crippen LogP contribution in [0.2, 0.25) is 0 Å². The monoisotopic (exact) mass is 224 g/mol. The highest BCUT2D eigenvalue weighted by atomic mass is 32.2. The van der Waals surface area contributed by atoms with Gasteiger partial charge in [-0.1, -0.05) is 12.1 Å². The summed E-state index contributed by atoms with van der Waals surface area (Å²) in [5, 5.41) is 0.701. The second-order valence-corrected chi connectivity index (χ2v) is 5.57. The van der Waals surface area contributed by atoms with E-state index in [4.69, 9.17) is 0 Å².